The number of ether oxygens (including phenoxy) is 3. The predicted octanol–water partition coefficient (Wildman–Crippen LogP) is 4.37. The van der Waals surface area contributed by atoms with E-state index in [-0.39, 0.29) is 39.2 Å². The van der Waals surface area contributed by atoms with Crippen LogP contribution in [0.3, 0.4) is 0 Å². The number of esters is 1. The largest absolute Gasteiger partial charge is 0.500 e. The van der Waals surface area contributed by atoms with Gasteiger partial charge in [-0.1, -0.05) is 23.2 Å². The molecule has 2 aromatic carbocycles. The minimum absolute atomic E-state index is 0.0451. The number of carboxylic acid groups (broad SMARTS) is 1. The fourth-order valence-electron chi connectivity index (χ4n) is 2.26. The second-order valence-corrected chi connectivity index (χ2v) is 6.48. The molecule has 30 heavy (non-hydrogen) atoms. The summed E-state index contributed by atoms with van der Waals surface area (Å²) in [6.45, 7) is 1.89. The van der Waals surface area contributed by atoms with Crippen molar-refractivity contribution in [2.45, 2.75) is 6.92 Å². The van der Waals surface area contributed by atoms with E-state index >= 15 is 0 Å². The molecular formula is C20H17Cl2NO7. The molecule has 0 radical (unpaired) electrons. The minimum Gasteiger partial charge on any atom is -0.500 e. The maximum absolute atomic E-state index is 12.8. The smallest absolute Gasteiger partial charge is 0.375 e. The Morgan fingerprint density at radius 2 is 1.87 bits per heavy atom. The van der Waals surface area contributed by atoms with E-state index in [0.29, 0.717) is 0 Å². The van der Waals surface area contributed by atoms with Gasteiger partial charge in [0.2, 0.25) is 5.76 Å². The van der Waals surface area contributed by atoms with Crippen LogP contribution in [-0.2, 0) is 14.3 Å². The van der Waals surface area contributed by atoms with Crippen molar-refractivity contribution in [1.29, 1.82) is 0 Å². The van der Waals surface area contributed by atoms with Crippen molar-refractivity contribution in [1.82, 2.24) is 0 Å². The molecule has 0 saturated heterocycles. The van der Waals surface area contributed by atoms with E-state index in [1.165, 1.54) is 43.5 Å². The Bertz CT molecular complexity index is 1000. The van der Waals surface area contributed by atoms with Gasteiger partial charge in [-0.2, -0.15) is 0 Å². The van der Waals surface area contributed by atoms with Gasteiger partial charge in [0.05, 0.1) is 35.6 Å². The van der Waals surface area contributed by atoms with Crippen molar-refractivity contribution in [3.63, 3.8) is 0 Å². The van der Waals surface area contributed by atoms with Gasteiger partial charge >= 0.3 is 11.9 Å². The second kappa shape index (κ2) is 10.5. The molecule has 0 atom stereocenters. The third kappa shape index (κ3) is 5.88. The quantitative estimate of drug-likeness (QED) is 0.346. The number of nitrogens with one attached hydrogen (secondary N) is 1. The monoisotopic (exact) mass is 453 g/mol. The molecule has 10 heteroatoms. The van der Waals surface area contributed by atoms with Crippen molar-refractivity contribution >= 4 is 46.7 Å². The van der Waals surface area contributed by atoms with Gasteiger partial charge in [0.25, 0.3) is 5.91 Å². The lowest BCUT2D eigenvalue weighted by molar-refractivity contribution is -0.135. The molecule has 0 bridgehead atoms. The summed E-state index contributed by atoms with van der Waals surface area (Å²) < 4.78 is 14.9. The lowest BCUT2D eigenvalue weighted by Gasteiger charge is -2.13. The van der Waals surface area contributed by atoms with Gasteiger partial charge in [0, 0.05) is 5.02 Å². The third-order valence-electron chi connectivity index (χ3n) is 3.57. The number of anilines is 1. The molecule has 2 aromatic rings. The van der Waals surface area contributed by atoms with Crippen LogP contribution >= 0.6 is 23.2 Å². The van der Waals surface area contributed by atoms with E-state index in [0.717, 1.165) is 6.26 Å². The van der Waals surface area contributed by atoms with Gasteiger partial charge in [-0.3, -0.25) is 4.79 Å². The van der Waals surface area contributed by atoms with E-state index in [4.69, 9.17) is 32.7 Å². The highest BCUT2D eigenvalue weighted by Crippen LogP contribution is 2.28. The molecule has 8 nitrogen and oxygen atoms in total. The highest BCUT2D eigenvalue weighted by atomic mass is 35.5. The van der Waals surface area contributed by atoms with E-state index in [9.17, 15) is 19.5 Å². The first-order valence-corrected chi connectivity index (χ1v) is 9.24. The molecule has 158 valence electrons. The van der Waals surface area contributed by atoms with Gasteiger partial charge in [-0.25, -0.2) is 9.59 Å². The lowest BCUT2D eigenvalue weighted by atomic mass is 10.1. The number of aliphatic carboxylic acids is 1. The second-order valence-electron chi connectivity index (χ2n) is 5.63. The Labute approximate surface area is 181 Å². The standard InChI is InChI=1S/C20H17Cl2NO7/c1-3-29-20(27)11-4-6-15(14(22)8-11)23-18(24)13-9-12(21)5-7-16(13)30-17(10-28-2)19(25)26/h4-10H,3H2,1-2H3,(H,23,24)(H,25,26). The average molecular weight is 454 g/mol. The zero-order valence-corrected chi connectivity index (χ0v) is 17.4. The molecule has 0 aromatic heterocycles. The SMILES string of the molecule is CCOC(=O)c1ccc(NC(=O)c2cc(Cl)ccc2OC(=COC)C(=O)O)c(Cl)c1. The van der Waals surface area contributed by atoms with Crippen LogP contribution in [0.15, 0.2) is 48.4 Å². The maximum atomic E-state index is 12.8. The molecule has 0 aliphatic heterocycles. The van der Waals surface area contributed by atoms with Crippen molar-refractivity contribution in [2.24, 2.45) is 0 Å². The van der Waals surface area contributed by atoms with Crippen LogP contribution in [0, 0.1) is 0 Å². The van der Waals surface area contributed by atoms with E-state index in [1.807, 2.05) is 0 Å². The van der Waals surface area contributed by atoms with Gasteiger partial charge in [0.15, 0.2) is 0 Å². The highest BCUT2D eigenvalue weighted by Gasteiger charge is 2.19. The Hall–Kier alpha value is -3.23. The number of benzene rings is 2. The number of carbonyl (C=O) groups excluding carboxylic acids is 2. The Balaban J connectivity index is 2.31. The Morgan fingerprint density at radius 3 is 2.47 bits per heavy atom. The zero-order chi connectivity index (χ0) is 22.3. The van der Waals surface area contributed by atoms with Crippen molar-refractivity contribution < 1.29 is 33.7 Å². The first-order valence-electron chi connectivity index (χ1n) is 8.48. The highest BCUT2D eigenvalue weighted by molar-refractivity contribution is 6.34. The van der Waals surface area contributed by atoms with E-state index in [2.05, 4.69) is 10.1 Å². The number of carbonyl (C=O) groups is 3. The molecule has 0 unspecified atom stereocenters. The van der Waals surface area contributed by atoms with E-state index < -0.39 is 23.6 Å². The van der Waals surface area contributed by atoms with Gasteiger partial charge in [-0.05, 0) is 43.3 Å². The molecular weight excluding hydrogens is 437 g/mol. The molecule has 0 fully saturated rings. The molecule has 0 heterocycles. The van der Waals surface area contributed by atoms with Crippen LogP contribution in [0.5, 0.6) is 5.75 Å². The molecule has 1 amide bonds. The third-order valence-corrected chi connectivity index (χ3v) is 4.12. The zero-order valence-electron chi connectivity index (χ0n) is 15.9. The minimum atomic E-state index is -1.39. The average Bonchev–Trinajstić information content (AvgIpc) is 2.70. The van der Waals surface area contributed by atoms with Crippen molar-refractivity contribution in [3.05, 3.63) is 69.6 Å². The van der Waals surface area contributed by atoms with Gasteiger partial charge in [0.1, 0.15) is 12.0 Å². The summed E-state index contributed by atoms with van der Waals surface area (Å²) in [5.74, 6) is -3.21. The summed E-state index contributed by atoms with van der Waals surface area (Å²) in [7, 11) is 1.25. The molecule has 0 saturated carbocycles. The van der Waals surface area contributed by atoms with Crippen molar-refractivity contribution in [3.8, 4) is 5.75 Å². The lowest BCUT2D eigenvalue weighted by Crippen LogP contribution is -2.16. The fraction of sp³-hybridized carbons (Fsp3) is 0.150. The molecule has 0 aliphatic carbocycles. The summed E-state index contributed by atoms with van der Waals surface area (Å²) >= 11 is 12.1. The summed E-state index contributed by atoms with van der Waals surface area (Å²) in [5.41, 5.74) is 0.394. The first kappa shape index (κ1) is 23.1. The van der Waals surface area contributed by atoms with Gasteiger partial charge in [-0.15, -0.1) is 0 Å². The number of amides is 1. The van der Waals surface area contributed by atoms with Crippen LogP contribution in [0.2, 0.25) is 10.0 Å². The van der Waals surface area contributed by atoms with Crippen molar-refractivity contribution in [2.75, 3.05) is 19.0 Å². The fourth-order valence-corrected chi connectivity index (χ4v) is 2.66. The summed E-state index contributed by atoms with van der Waals surface area (Å²) in [4.78, 5) is 35.8. The number of rotatable bonds is 8. The summed E-state index contributed by atoms with van der Waals surface area (Å²) in [6, 6.07) is 8.31. The number of halogens is 2. The number of hydrogen-bond acceptors (Lipinski definition) is 6. The molecule has 2 N–H and O–H groups in total. The molecule has 0 spiro atoms. The summed E-state index contributed by atoms with van der Waals surface area (Å²) in [6.07, 6.45) is 0.879. The number of methoxy groups -OCH3 is 1. The Kier molecular flexibility index (Phi) is 8.08. The van der Waals surface area contributed by atoms with Crippen LogP contribution in [0.25, 0.3) is 0 Å². The van der Waals surface area contributed by atoms with Crippen LogP contribution in [-0.4, -0.2) is 36.7 Å². The summed E-state index contributed by atoms with van der Waals surface area (Å²) in [5, 5.41) is 12.1. The van der Waals surface area contributed by atoms with Crippen LogP contribution in [0.4, 0.5) is 5.69 Å². The molecule has 2 rings (SSSR count). The first-order chi connectivity index (χ1) is 14.3. The predicted molar refractivity (Wildman–Crippen MR) is 110 cm³/mol. The van der Waals surface area contributed by atoms with E-state index in [1.54, 1.807) is 6.92 Å². The topological polar surface area (TPSA) is 111 Å². The van der Waals surface area contributed by atoms with Gasteiger partial charge < -0.3 is 24.6 Å². The van der Waals surface area contributed by atoms with Crippen LogP contribution < -0.4 is 10.1 Å². The normalized spacial score (nSPS) is 10.9. The maximum Gasteiger partial charge on any atom is 0.375 e. The van der Waals surface area contributed by atoms with Crippen LogP contribution in [0.1, 0.15) is 27.6 Å². The number of carboxylic acids is 1. The Morgan fingerprint density at radius 1 is 1.13 bits per heavy atom. The molecule has 0 aliphatic rings. The number of hydrogen-bond donors (Lipinski definition) is 2.